The van der Waals surface area contributed by atoms with Gasteiger partial charge in [0.05, 0.1) is 7.11 Å². The number of nitrogens with zero attached hydrogens (tertiary/aromatic N) is 4. The Morgan fingerprint density at radius 2 is 1.82 bits per heavy atom. The van der Waals surface area contributed by atoms with E-state index in [-0.39, 0.29) is 11.8 Å². The molecule has 1 aliphatic heterocycles. The standard InChI is InChI=1S/C24H35FN6O2/c1-3-31-14-8-11-18(31)16-26-22-28-23(27-17-9-6-4-5-7-10-17)30-24(29-22)33-19-12-13-21(32-2)20(25)15-19/h12-13,15,17-18H,3-11,14,16H2,1-2H3,(H2,26,27,28,29,30). The van der Waals surface area contributed by atoms with E-state index in [0.29, 0.717) is 29.7 Å². The largest absolute Gasteiger partial charge is 0.494 e. The van der Waals surface area contributed by atoms with E-state index in [1.54, 1.807) is 6.07 Å². The summed E-state index contributed by atoms with van der Waals surface area (Å²) in [5, 5.41) is 6.86. The Bertz CT molecular complexity index is 907. The number of ether oxygens (including phenoxy) is 2. The fourth-order valence-corrected chi connectivity index (χ4v) is 4.72. The van der Waals surface area contributed by atoms with E-state index < -0.39 is 5.82 Å². The first-order valence-corrected chi connectivity index (χ1v) is 12.2. The molecule has 2 N–H and O–H groups in total. The Morgan fingerprint density at radius 1 is 1.03 bits per heavy atom. The van der Waals surface area contributed by atoms with Crippen LogP contribution < -0.4 is 20.1 Å². The minimum Gasteiger partial charge on any atom is -0.494 e. The summed E-state index contributed by atoms with van der Waals surface area (Å²) in [5.41, 5.74) is 0. The van der Waals surface area contributed by atoms with Crippen LogP contribution in [0.25, 0.3) is 0 Å². The SMILES string of the molecule is CCN1CCCC1CNc1nc(NC2CCCCCC2)nc(Oc2ccc(OC)c(F)c2)n1. The van der Waals surface area contributed by atoms with Crippen LogP contribution in [0.5, 0.6) is 17.5 Å². The van der Waals surface area contributed by atoms with E-state index >= 15 is 0 Å². The maximum Gasteiger partial charge on any atom is 0.328 e. The first kappa shape index (κ1) is 23.5. The number of hydrogen-bond acceptors (Lipinski definition) is 8. The molecule has 8 nitrogen and oxygen atoms in total. The second-order valence-electron chi connectivity index (χ2n) is 8.80. The smallest absolute Gasteiger partial charge is 0.328 e. The topological polar surface area (TPSA) is 84.4 Å². The molecular formula is C24H35FN6O2. The average molecular weight is 459 g/mol. The molecule has 0 bridgehead atoms. The van der Waals surface area contributed by atoms with Gasteiger partial charge in [-0.05, 0) is 50.9 Å². The molecule has 1 aromatic heterocycles. The van der Waals surface area contributed by atoms with Crippen molar-refractivity contribution in [3.8, 4) is 17.5 Å². The molecule has 2 heterocycles. The van der Waals surface area contributed by atoms with Gasteiger partial charge in [0, 0.05) is 24.7 Å². The van der Waals surface area contributed by atoms with Crippen molar-refractivity contribution >= 4 is 11.9 Å². The van der Waals surface area contributed by atoms with E-state index in [9.17, 15) is 4.39 Å². The highest BCUT2D eigenvalue weighted by atomic mass is 19.1. The first-order valence-electron chi connectivity index (χ1n) is 12.2. The van der Waals surface area contributed by atoms with E-state index in [1.807, 2.05) is 0 Å². The molecule has 2 fully saturated rings. The summed E-state index contributed by atoms with van der Waals surface area (Å²) in [7, 11) is 1.43. The van der Waals surface area contributed by atoms with Crippen LogP contribution in [0.3, 0.4) is 0 Å². The van der Waals surface area contributed by atoms with Crippen molar-refractivity contribution in [3.63, 3.8) is 0 Å². The quantitative estimate of drug-likeness (QED) is 0.516. The number of likely N-dealkylation sites (N-methyl/N-ethyl adjacent to an activating group) is 1. The second kappa shape index (κ2) is 11.4. The van der Waals surface area contributed by atoms with Crippen LogP contribution in [0.2, 0.25) is 0 Å². The van der Waals surface area contributed by atoms with Crippen molar-refractivity contribution in [2.75, 3.05) is 37.4 Å². The highest BCUT2D eigenvalue weighted by Crippen LogP contribution is 2.27. The molecule has 0 amide bonds. The zero-order chi connectivity index (χ0) is 23.0. The van der Waals surface area contributed by atoms with Crippen molar-refractivity contribution in [3.05, 3.63) is 24.0 Å². The summed E-state index contributed by atoms with van der Waals surface area (Å²) >= 11 is 0. The van der Waals surface area contributed by atoms with Gasteiger partial charge in [0.1, 0.15) is 5.75 Å². The molecule has 9 heteroatoms. The molecule has 180 valence electrons. The Balaban J connectivity index is 1.52. The molecule has 0 radical (unpaired) electrons. The average Bonchev–Trinajstić information content (AvgIpc) is 3.12. The summed E-state index contributed by atoms with van der Waals surface area (Å²) in [6.45, 7) is 5.12. The molecule has 1 aliphatic carbocycles. The number of halogens is 1. The summed E-state index contributed by atoms with van der Waals surface area (Å²) in [5.74, 6) is 0.919. The molecule has 33 heavy (non-hydrogen) atoms. The van der Waals surface area contributed by atoms with Gasteiger partial charge in [-0.25, -0.2) is 4.39 Å². The Morgan fingerprint density at radius 3 is 2.55 bits per heavy atom. The number of anilines is 2. The maximum absolute atomic E-state index is 14.1. The summed E-state index contributed by atoms with van der Waals surface area (Å²) in [6.07, 6.45) is 9.53. The third-order valence-electron chi connectivity index (χ3n) is 6.54. The number of nitrogens with one attached hydrogen (secondary N) is 2. The predicted octanol–water partition coefficient (Wildman–Crippen LogP) is 4.84. The van der Waals surface area contributed by atoms with Gasteiger partial charge in [-0.2, -0.15) is 15.0 Å². The second-order valence-corrected chi connectivity index (χ2v) is 8.80. The normalized spacial score (nSPS) is 19.8. The molecule has 1 saturated carbocycles. The van der Waals surface area contributed by atoms with Crippen LogP contribution >= 0.6 is 0 Å². The Kier molecular flexibility index (Phi) is 8.15. The fourth-order valence-electron chi connectivity index (χ4n) is 4.72. The lowest BCUT2D eigenvalue weighted by Gasteiger charge is -2.23. The molecule has 2 aliphatic rings. The van der Waals surface area contributed by atoms with Crippen molar-refractivity contribution in [2.45, 2.75) is 70.4 Å². The number of methoxy groups -OCH3 is 1. The molecule has 2 aromatic rings. The fraction of sp³-hybridized carbons (Fsp3) is 0.625. The molecule has 0 spiro atoms. The number of hydrogen-bond donors (Lipinski definition) is 2. The minimum absolute atomic E-state index is 0.131. The Hall–Kier alpha value is -2.68. The zero-order valence-corrected chi connectivity index (χ0v) is 19.6. The molecule has 4 rings (SSSR count). The van der Waals surface area contributed by atoms with Gasteiger partial charge >= 0.3 is 6.01 Å². The number of benzene rings is 1. The van der Waals surface area contributed by atoms with Gasteiger partial charge < -0.3 is 20.1 Å². The van der Waals surface area contributed by atoms with Crippen LogP contribution in [-0.2, 0) is 0 Å². The lowest BCUT2D eigenvalue weighted by atomic mass is 10.1. The number of likely N-dealkylation sites (tertiary alicyclic amines) is 1. The third kappa shape index (κ3) is 6.43. The Labute approximate surface area is 195 Å². The van der Waals surface area contributed by atoms with Crippen molar-refractivity contribution in [2.24, 2.45) is 0 Å². The van der Waals surface area contributed by atoms with Gasteiger partial charge in [0.2, 0.25) is 11.9 Å². The van der Waals surface area contributed by atoms with Gasteiger partial charge in [-0.15, -0.1) is 0 Å². The maximum atomic E-state index is 14.1. The first-order chi connectivity index (χ1) is 16.1. The lowest BCUT2D eigenvalue weighted by molar-refractivity contribution is 0.276. The van der Waals surface area contributed by atoms with Crippen LogP contribution in [-0.4, -0.2) is 58.7 Å². The minimum atomic E-state index is -0.500. The van der Waals surface area contributed by atoms with Crippen LogP contribution in [0.15, 0.2) is 18.2 Å². The van der Waals surface area contributed by atoms with Crippen LogP contribution in [0.4, 0.5) is 16.3 Å². The lowest BCUT2D eigenvalue weighted by Crippen LogP contribution is -2.35. The van der Waals surface area contributed by atoms with Crippen LogP contribution in [0.1, 0.15) is 58.3 Å². The van der Waals surface area contributed by atoms with E-state index in [2.05, 4.69) is 37.4 Å². The summed E-state index contributed by atoms with van der Waals surface area (Å²) in [6, 6.07) is 5.35. The van der Waals surface area contributed by atoms with Gasteiger partial charge in [0.25, 0.3) is 0 Å². The number of rotatable bonds is 9. The third-order valence-corrected chi connectivity index (χ3v) is 6.54. The highest BCUT2D eigenvalue weighted by Gasteiger charge is 2.23. The predicted molar refractivity (Wildman–Crippen MR) is 127 cm³/mol. The van der Waals surface area contributed by atoms with Crippen molar-refractivity contribution in [1.29, 1.82) is 0 Å². The molecule has 1 atom stereocenters. The molecule has 1 unspecified atom stereocenters. The van der Waals surface area contributed by atoms with E-state index in [1.165, 1.54) is 51.3 Å². The molecular weight excluding hydrogens is 423 g/mol. The zero-order valence-electron chi connectivity index (χ0n) is 19.6. The van der Waals surface area contributed by atoms with Crippen molar-refractivity contribution < 1.29 is 13.9 Å². The van der Waals surface area contributed by atoms with Crippen molar-refractivity contribution in [1.82, 2.24) is 19.9 Å². The summed E-state index contributed by atoms with van der Waals surface area (Å²) in [4.78, 5) is 16.0. The monoisotopic (exact) mass is 458 g/mol. The summed E-state index contributed by atoms with van der Waals surface area (Å²) < 4.78 is 24.9. The molecule has 1 aromatic carbocycles. The van der Waals surface area contributed by atoms with Gasteiger partial charge in [-0.1, -0.05) is 32.6 Å². The number of aromatic nitrogens is 3. The van der Waals surface area contributed by atoms with E-state index in [0.717, 1.165) is 38.9 Å². The van der Waals surface area contributed by atoms with Crippen LogP contribution in [0, 0.1) is 5.82 Å². The van der Waals surface area contributed by atoms with Gasteiger partial charge in [-0.3, -0.25) is 4.90 Å². The van der Waals surface area contributed by atoms with Gasteiger partial charge in [0.15, 0.2) is 11.6 Å². The highest BCUT2D eigenvalue weighted by molar-refractivity contribution is 5.39. The molecule has 1 saturated heterocycles. The van der Waals surface area contributed by atoms with E-state index in [4.69, 9.17) is 9.47 Å².